The van der Waals surface area contributed by atoms with Crippen LogP contribution in [0.15, 0.2) is 22.7 Å². The fourth-order valence-electron chi connectivity index (χ4n) is 0.923. The van der Waals surface area contributed by atoms with Gasteiger partial charge in [-0.1, -0.05) is 15.9 Å². The van der Waals surface area contributed by atoms with Crippen LogP contribution in [0.4, 0.5) is 0 Å². The van der Waals surface area contributed by atoms with Gasteiger partial charge in [-0.05, 0) is 40.8 Å². The van der Waals surface area contributed by atoms with Crippen molar-refractivity contribution in [2.45, 2.75) is 0 Å². The topological polar surface area (TPSA) is 66.4 Å². The zero-order valence-corrected chi connectivity index (χ0v) is 11.2. The average molecular weight is 384 g/mol. The highest BCUT2D eigenvalue weighted by Gasteiger charge is 2.10. The summed E-state index contributed by atoms with van der Waals surface area (Å²) in [6.07, 6.45) is 0. The molecular weight excluding hydrogens is 377 g/mol. The minimum absolute atomic E-state index is 0.374. The molecule has 0 aromatic heterocycles. The molecule has 0 heterocycles. The van der Waals surface area contributed by atoms with E-state index in [-0.39, 0.29) is 12.5 Å². The highest BCUT2D eigenvalue weighted by atomic mass is 127. The van der Waals surface area contributed by atoms with Crippen molar-refractivity contribution in [2.24, 2.45) is 0 Å². The molecule has 0 unspecified atom stereocenters. The standard InChI is InChI=1S/C9H7BrINO3/c10-5-1-2-7(11)6(3-5)9(15)12-4-8(13)14/h1-3H,4H2,(H,12,15)(H,13,14). The van der Waals surface area contributed by atoms with Crippen LogP contribution in [0.5, 0.6) is 0 Å². The van der Waals surface area contributed by atoms with E-state index in [1.165, 1.54) is 0 Å². The molecule has 0 saturated carbocycles. The van der Waals surface area contributed by atoms with Gasteiger partial charge in [-0.2, -0.15) is 0 Å². The van der Waals surface area contributed by atoms with Crippen LogP contribution in [0.2, 0.25) is 0 Å². The Morgan fingerprint density at radius 1 is 1.47 bits per heavy atom. The number of carbonyl (C=O) groups excluding carboxylic acids is 1. The lowest BCUT2D eigenvalue weighted by atomic mass is 10.2. The summed E-state index contributed by atoms with van der Waals surface area (Å²) in [7, 11) is 0. The van der Waals surface area contributed by atoms with Gasteiger partial charge < -0.3 is 10.4 Å². The molecule has 1 rings (SSSR count). The predicted molar refractivity (Wildman–Crippen MR) is 66.8 cm³/mol. The molecule has 1 amide bonds. The number of carbonyl (C=O) groups is 2. The smallest absolute Gasteiger partial charge is 0.322 e. The SMILES string of the molecule is O=C(O)CNC(=O)c1cc(Br)ccc1I. The highest BCUT2D eigenvalue weighted by molar-refractivity contribution is 14.1. The molecule has 15 heavy (non-hydrogen) atoms. The van der Waals surface area contributed by atoms with Gasteiger partial charge in [0.15, 0.2) is 0 Å². The molecule has 0 spiro atoms. The average Bonchev–Trinajstić information content (AvgIpc) is 2.18. The minimum atomic E-state index is -1.06. The number of carboxylic acid groups (broad SMARTS) is 1. The van der Waals surface area contributed by atoms with Crippen LogP contribution in [-0.2, 0) is 4.79 Å². The number of halogens is 2. The van der Waals surface area contributed by atoms with E-state index < -0.39 is 5.97 Å². The third kappa shape index (κ3) is 3.78. The Labute approximate surface area is 108 Å². The summed E-state index contributed by atoms with van der Waals surface area (Å²) in [6.45, 7) is -0.374. The summed E-state index contributed by atoms with van der Waals surface area (Å²) in [4.78, 5) is 21.8. The van der Waals surface area contributed by atoms with Gasteiger partial charge in [0.05, 0.1) is 5.56 Å². The van der Waals surface area contributed by atoms with Crippen molar-refractivity contribution in [3.05, 3.63) is 31.8 Å². The number of aliphatic carboxylic acids is 1. The Kier molecular flexibility index (Phi) is 4.52. The second-order valence-electron chi connectivity index (χ2n) is 2.70. The number of rotatable bonds is 3. The third-order valence-corrected chi connectivity index (χ3v) is 3.01. The molecule has 0 saturated heterocycles. The van der Waals surface area contributed by atoms with Crippen molar-refractivity contribution in [2.75, 3.05) is 6.54 Å². The van der Waals surface area contributed by atoms with E-state index in [9.17, 15) is 9.59 Å². The van der Waals surface area contributed by atoms with E-state index in [0.29, 0.717) is 5.56 Å². The largest absolute Gasteiger partial charge is 0.480 e. The molecule has 0 aliphatic carbocycles. The van der Waals surface area contributed by atoms with E-state index in [4.69, 9.17) is 5.11 Å². The van der Waals surface area contributed by atoms with Gasteiger partial charge >= 0.3 is 5.97 Å². The number of hydrogen-bond acceptors (Lipinski definition) is 2. The van der Waals surface area contributed by atoms with Crippen molar-refractivity contribution in [3.63, 3.8) is 0 Å². The first-order valence-corrected chi connectivity index (χ1v) is 5.83. The first-order valence-electron chi connectivity index (χ1n) is 3.95. The summed E-state index contributed by atoms with van der Waals surface area (Å²) in [5.41, 5.74) is 0.464. The molecule has 1 aromatic rings. The lowest BCUT2D eigenvalue weighted by Gasteiger charge is -2.05. The van der Waals surface area contributed by atoms with Crippen LogP contribution in [0, 0.1) is 3.57 Å². The fourth-order valence-corrected chi connectivity index (χ4v) is 1.86. The third-order valence-electron chi connectivity index (χ3n) is 1.57. The van der Waals surface area contributed by atoms with Gasteiger partial charge in [-0.3, -0.25) is 9.59 Å². The van der Waals surface area contributed by atoms with Gasteiger partial charge in [0.1, 0.15) is 6.54 Å². The number of carboxylic acids is 1. The maximum atomic E-state index is 11.5. The Morgan fingerprint density at radius 2 is 2.13 bits per heavy atom. The number of amides is 1. The monoisotopic (exact) mass is 383 g/mol. The number of benzene rings is 1. The Bertz CT molecular complexity index is 408. The molecule has 0 aliphatic rings. The zero-order valence-electron chi connectivity index (χ0n) is 7.46. The summed E-state index contributed by atoms with van der Waals surface area (Å²) >= 11 is 5.27. The van der Waals surface area contributed by atoms with Crippen LogP contribution < -0.4 is 5.32 Å². The lowest BCUT2D eigenvalue weighted by Crippen LogP contribution is -2.29. The van der Waals surface area contributed by atoms with E-state index in [2.05, 4.69) is 21.2 Å². The molecule has 4 nitrogen and oxygen atoms in total. The second-order valence-corrected chi connectivity index (χ2v) is 4.78. The maximum absolute atomic E-state index is 11.5. The van der Waals surface area contributed by atoms with E-state index in [1.807, 2.05) is 28.7 Å². The summed E-state index contributed by atoms with van der Waals surface area (Å²) in [5, 5.41) is 10.7. The van der Waals surface area contributed by atoms with E-state index >= 15 is 0 Å². The molecule has 0 bridgehead atoms. The minimum Gasteiger partial charge on any atom is -0.480 e. The summed E-state index contributed by atoms with van der Waals surface area (Å²) in [6, 6.07) is 5.25. The normalized spacial score (nSPS) is 9.73. The number of nitrogens with one attached hydrogen (secondary N) is 1. The fraction of sp³-hybridized carbons (Fsp3) is 0.111. The van der Waals surface area contributed by atoms with Crippen molar-refractivity contribution < 1.29 is 14.7 Å². The molecule has 0 atom stereocenters. The Morgan fingerprint density at radius 3 is 2.73 bits per heavy atom. The van der Waals surface area contributed by atoms with Crippen molar-refractivity contribution in [1.82, 2.24) is 5.32 Å². The summed E-state index contributed by atoms with van der Waals surface area (Å²) in [5.74, 6) is -1.45. The molecule has 0 fully saturated rings. The van der Waals surface area contributed by atoms with Gasteiger partial charge in [0.25, 0.3) is 5.91 Å². The van der Waals surface area contributed by atoms with Crippen molar-refractivity contribution in [3.8, 4) is 0 Å². The maximum Gasteiger partial charge on any atom is 0.322 e. The Hall–Kier alpha value is -0.630. The second kappa shape index (κ2) is 5.45. The molecule has 6 heteroatoms. The quantitative estimate of drug-likeness (QED) is 0.783. The van der Waals surface area contributed by atoms with Crippen LogP contribution in [0.25, 0.3) is 0 Å². The predicted octanol–water partition coefficient (Wildman–Crippen LogP) is 1.87. The van der Waals surface area contributed by atoms with Crippen molar-refractivity contribution >= 4 is 50.4 Å². The van der Waals surface area contributed by atoms with Crippen LogP contribution >= 0.6 is 38.5 Å². The first-order chi connectivity index (χ1) is 7.00. The zero-order chi connectivity index (χ0) is 11.4. The number of hydrogen-bond donors (Lipinski definition) is 2. The molecule has 0 radical (unpaired) electrons. The van der Waals surface area contributed by atoms with Gasteiger partial charge in [-0.25, -0.2) is 0 Å². The van der Waals surface area contributed by atoms with E-state index in [0.717, 1.165) is 8.04 Å². The van der Waals surface area contributed by atoms with Crippen LogP contribution in [0.1, 0.15) is 10.4 Å². The molecule has 1 aromatic carbocycles. The highest BCUT2D eigenvalue weighted by Crippen LogP contribution is 2.18. The van der Waals surface area contributed by atoms with Gasteiger partial charge in [0, 0.05) is 8.04 Å². The van der Waals surface area contributed by atoms with Crippen LogP contribution in [0.3, 0.4) is 0 Å². The molecule has 2 N–H and O–H groups in total. The van der Waals surface area contributed by atoms with Gasteiger partial charge in [-0.15, -0.1) is 0 Å². The lowest BCUT2D eigenvalue weighted by molar-refractivity contribution is -0.135. The van der Waals surface area contributed by atoms with E-state index in [1.54, 1.807) is 12.1 Å². The Balaban J connectivity index is 2.81. The molecule has 0 aliphatic heterocycles. The van der Waals surface area contributed by atoms with Crippen LogP contribution in [-0.4, -0.2) is 23.5 Å². The van der Waals surface area contributed by atoms with Crippen molar-refractivity contribution in [1.29, 1.82) is 0 Å². The van der Waals surface area contributed by atoms with Gasteiger partial charge in [0.2, 0.25) is 0 Å². The first kappa shape index (κ1) is 12.4. The summed E-state index contributed by atoms with van der Waals surface area (Å²) < 4.78 is 1.56. The molecule has 80 valence electrons. The molecular formula is C9H7BrINO3.